The van der Waals surface area contributed by atoms with Gasteiger partial charge in [-0.15, -0.1) is 11.6 Å². The van der Waals surface area contributed by atoms with E-state index < -0.39 is 10.0 Å². The SMILES string of the molecule is CCC1CCN(S(=O)(=O)c2cc(CCl)ccc2Cl)CC1. The molecule has 0 unspecified atom stereocenters. The van der Waals surface area contributed by atoms with E-state index in [0.29, 0.717) is 19.0 Å². The Bertz CT molecular complexity index is 567. The van der Waals surface area contributed by atoms with E-state index in [1.54, 1.807) is 22.5 Å². The highest BCUT2D eigenvalue weighted by Gasteiger charge is 2.30. The first-order valence-corrected chi connectivity index (χ1v) is 9.18. The van der Waals surface area contributed by atoms with E-state index in [-0.39, 0.29) is 15.8 Å². The fraction of sp³-hybridized carbons (Fsp3) is 0.571. The highest BCUT2D eigenvalue weighted by Crippen LogP contribution is 2.30. The predicted molar refractivity (Wildman–Crippen MR) is 82.8 cm³/mol. The number of benzene rings is 1. The average molecular weight is 336 g/mol. The van der Waals surface area contributed by atoms with E-state index in [2.05, 4.69) is 6.92 Å². The summed E-state index contributed by atoms with van der Waals surface area (Å²) < 4.78 is 26.9. The molecule has 1 aromatic rings. The minimum atomic E-state index is -3.51. The number of piperidine rings is 1. The van der Waals surface area contributed by atoms with E-state index in [1.165, 1.54) is 0 Å². The Morgan fingerprint density at radius 2 is 1.95 bits per heavy atom. The third kappa shape index (κ3) is 3.30. The normalized spacial score (nSPS) is 18.4. The van der Waals surface area contributed by atoms with Gasteiger partial charge in [0.1, 0.15) is 4.90 Å². The molecule has 1 heterocycles. The first-order valence-electron chi connectivity index (χ1n) is 6.83. The number of alkyl halides is 1. The monoisotopic (exact) mass is 335 g/mol. The summed E-state index contributed by atoms with van der Waals surface area (Å²) in [5.41, 5.74) is 0.762. The van der Waals surface area contributed by atoms with Crippen LogP contribution in [0.3, 0.4) is 0 Å². The largest absolute Gasteiger partial charge is 0.244 e. The summed E-state index contributed by atoms with van der Waals surface area (Å²) in [4.78, 5) is 0.173. The van der Waals surface area contributed by atoms with Crippen molar-refractivity contribution in [1.29, 1.82) is 0 Å². The van der Waals surface area contributed by atoms with Gasteiger partial charge in [-0.25, -0.2) is 8.42 Å². The van der Waals surface area contributed by atoms with Crippen molar-refractivity contribution in [2.45, 2.75) is 37.0 Å². The highest BCUT2D eigenvalue weighted by molar-refractivity contribution is 7.89. The van der Waals surface area contributed by atoms with Crippen LogP contribution in [-0.4, -0.2) is 25.8 Å². The van der Waals surface area contributed by atoms with Gasteiger partial charge in [-0.2, -0.15) is 4.31 Å². The molecule has 1 aromatic carbocycles. The topological polar surface area (TPSA) is 37.4 Å². The first kappa shape index (κ1) is 16.1. The Hall–Kier alpha value is -0.290. The lowest BCUT2D eigenvalue weighted by atomic mass is 9.96. The van der Waals surface area contributed by atoms with Gasteiger partial charge in [0.2, 0.25) is 10.0 Å². The van der Waals surface area contributed by atoms with Gasteiger partial charge < -0.3 is 0 Å². The lowest BCUT2D eigenvalue weighted by Gasteiger charge is -2.31. The van der Waals surface area contributed by atoms with Crippen molar-refractivity contribution in [2.24, 2.45) is 5.92 Å². The second-order valence-electron chi connectivity index (χ2n) is 5.15. The molecule has 0 radical (unpaired) electrons. The molecule has 0 spiro atoms. The van der Waals surface area contributed by atoms with Crippen molar-refractivity contribution in [3.63, 3.8) is 0 Å². The molecule has 1 saturated heterocycles. The van der Waals surface area contributed by atoms with Crippen molar-refractivity contribution in [2.75, 3.05) is 13.1 Å². The summed E-state index contributed by atoms with van der Waals surface area (Å²) >= 11 is 11.8. The molecule has 112 valence electrons. The number of hydrogen-bond donors (Lipinski definition) is 0. The van der Waals surface area contributed by atoms with Crippen molar-refractivity contribution in [3.8, 4) is 0 Å². The zero-order chi connectivity index (χ0) is 14.8. The number of hydrogen-bond acceptors (Lipinski definition) is 2. The van der Waals surface area contributed by atoms with Crippen LogP contribution in [0.15, 0.2) is 23.1 Å². The Balaban J connectivity index is 2.27. The van der Waals surface area contributed by atoms with Gasteiger partial charge in [-0.3, -0.25) is 0 Å². The Kier molecular flexibility index (Phi) is 5.35. The summed E-state index contributed by atoms with van der Waals surface area (Å²) in [6.45, 7) is 3.29. The maximum absolute atomic E-state index is 12.7. The van der Waals surface area contributed by atoms with Crippen molar-refractivity contribution in [1.82, 2.24) is 4.31 Å². The maximum atomic E-state index is 12.7. The molecule has 0 saturated carbocycles. The van der Waals surface area contributed by atoms with Crippen LogP contribution in [0.2, 0.25) is 5.02 Å². The van der Waals surface area contributed by atoms with E-state index in [4.69, 9.17) is 23.2 Å². The summed E-state index contributed by atoms with van der Waals surface area (Å²) in [5.74, 6) is 0.906. The van der Waals surface area contributed by atoms with Crippen LogP contribution in [0, 0.1) is 5.92 Å². The smallest absolute Gasteiger partial charge is 0.207 e. The zero-order valence-electron chi connectivity index (χ0n) is 11.5. The standard InChI is InChI=1S/C14H19Cl2NO2S/c1-2-11-5-7-17(8-6-11)20(18,19)14-9-12(10-15)3-4-13(14)16/h3-4,9,11H,2,5-8,10H2,1H3. The van der Waals surface area contributed by atoms with Crippen LogP contribution in [-0.2, 0) is 15.9 Å². The minimum absolute atomic E-state index is 0.173. The van der Waals surface area contributed by atoms with Gasteiger partial charge in [-0.05, 0) is 36.5 Å². The van der Waals surface area contributed by atoms with Gasteiger partial charge in [0.05, 0.1) is 5.02 Å². The quantitative estimate of drug-likeness (QED) is 0.782. The van der Waals surface area contributed by atoms with Crippen LogP contribution in [0.25, 0.3) is 0 Å². The zero-order valence-corrected chi connectivity index (χ0v) is 13.8. The van der Waals surface area contributed by atoms with E-state index in [9.17, 15) is 8.42 Å². The second-order valence-corrected chi connectivity index (χ2v) is 7.73. The second kappa shape index (κ2) is 6.65. The van der Waals surface area contributed by atoms with Crippen LogP contribution < -0.4 is 0 Å². The molecule has 1 aliphatic rings. The molecule has 1 aliphatic heterocycles. The fourth-order valence-corrected chi connectivity index (χ4v) is 4.69. The van der Waals surface area contributed by atoms with Crippen molar-refractivity contribution < 1.29 is 8.42 Å². The molecule has 0 aromatic heterocycles. The lowest BCUT2D eigenvalue weighted by Crippen LogP contribution is -2.38. The maximum Gasteiger partial charge on any atom is 0.244 e. The Labute approximate surface area is 130 Å². The molecule has 0 bridgehead atoms. The van der Waals surface area contributed by atoms with E-state index in [1.807, 2.05) is 0 Å². The fourth-order valence-electron chi connectivity index (χ4n) is 2.53. The molecule has 6 heteroatoms. The third-order valence-corrected chi connectivity index (χ3v) is 6.61. The molecule has 1 fully saturated rings. The minimum Gasteiger partial charge on any atom is -0.207 e. The molecular weight excluding hydrogens is 317 g/mol. The van der Waals surface area contributed by atoms with E-state index >= 15 is 0 Å². The summed E-state index contributed by atoms with van der Waals surface area (Å²) in [7, 11) is -3.51. The number of halogens is 2. The van der Waals surface area contributed by atoms with Crippen LogP contribution in [0.4, 0.5) is 0 Å². The van der Waals surface area contributed by atoms with E-state index in [0.717, 1.165) is 24.8 Å². The van der Waals surface area contributed by atoms with Crippen LogP contribution in [0.1, 0.15) is 31.7 Å². The third-order valence-electron chi connectivity index (χ3n) is 3.92. The van der Waals surface area contributed by atoms with Gasteiger partial charge in [0.25, 0.3) is 0 Å². The van der Waals surface area contributed by atoms with Gasteiger partial charge >= 0.3 is 0 Å². The molecule has 0 amide bonds. The molecule has 0 atom stereocenters. The van der Waals surface area contributed by atoms with Gasteiger partial charge in [-0.1, -0.05) is 31.0 Å². The Morgan fingerprint density at radius 1 is 1.30 bits per heavy atom. The van der Waals surface area contributed by atoms with Crippen LogP contribution >= 0.6 is 23.2 Å². The van der Waals surface area contributed by atoms with Gasteiger partial charge in [0, 0.05) is 19.0 Å². The summed E-state index contributed by atoms with van der Waals surface area (Å²) in [6.07, 6.45) is 2.95. The number of nitrogens with zero attached hydrogens (tertiary/aromatic N) is 1. The summed E-state index contributed by atoms with van der Waals surface area (Å²) in [6, 6.07) is 4.93. The molecule has 0 N–H and O–H groups in total. The average Bonchev–Trinajstić information content (AvgIpc) is 2.47. The van der Waals surface area contributed by atoms with Crippen molar-refractivity contribution in [3.05, 3.63) is 28.8 Å². The molecule has 3 nitrogen and oxygen atoms in total. The molecular formula is C14H19Cl2NO2S. The van der Waals surface area contributed by atoms with Gasteiger partial charge in [0.15, 0.2) is 0 Å². The Morgan fingerprint density at radius 3 is 2.50 bits per heavy atom. The molecule has 2 rings (SSSR count). The predicted octanol–water partition coefficient (Wildman–Crippen LogP) is 3.89. The highest BCUT2D eigenvalue weighted by atomic mass is 35.5. The summed E-state index contributed by atoms with van der Waals surface area (Å²) in [5, 5.41) is 0.261. The first-order chi connectivity index (χ1) is 9.48. The molecule has 20 heavy (non-hydrogen) atoms. The van der Waals surface area contributed by atoms with Crippen LogP contribution in [0.5, 0.6) is 0 Å². The van der Waals surface area contributed by atoms with Crippen molar-refractivity contribution >= 4 is 33.2 Å². The lowest BCUT2D eigenvalue weighted by molar-refractivity contribution is 0.269. The number of rotatable bonds is 4. The molecule has 0 aliphatic carbocycles. The number of sulfonamides is 1.